The van der Waals surface area contributed by atoms with Gasteiger partial charge in [-0.25, -0.2) is 0 Å². The highest BCUT2D eigenvalue weighted by Crippen LogP contribution is 2.34. The highest BCUT2D eigenvalue weighted by molar-refractivity contribution is 5.19. The average molecular weight is 192 g/mol. The molecule has 1 saturated carbocycles. The molecular formula is C11H16N2O. The Bertz CT molecular complexity index is 402. The van der Waals surface area contributed by atoms with Crippen LogP contribution in [0.25, 0.3) is 0 Å². The van der Waals surface area contributed by atoms with E-state index in [-0.39, 0.29) is 11.6 Å². The van der Waals surface area contributed by atoms with E-state index in [4.69, 9.17) is 5.73 Å². The molecule has 1 aromatic rings. The summed E-state index contributed by atoms with van der Waals surface area (Å²) in [7, 11) is 0. The van der Waals surface area contributed by atoms with Crippen molar-refractivity contribution in [1.82, 2.24) is 4.57 Å². The number of nitrogens with zero attached hydrogens (tertiary/aromatic N) is 1. The summed E-state index contributed by atoms with van der Waals surface area (Å²) in [6.07, 6.45) is 2.26. The van der Waals surface area contributed by atoms with Crippen molar-refractivity contribution in [3.63, 3.8) is 0 Å². The maximum atomic E-state index is 12.0. The first kappa shape index (κ1) is 9.46. The molecule has 0 spiro atoms. The number of hydrogen-bond acceptors (Lipinski definition) is 2. The number of hydrogen-bond donors (Lipinski definition) is 1. The topological polar surface area (TPSA) is 48.0 Å². The van der Waals surface area contributed by atoms with E-state index in [1.165, 1.54) is 0 Å². The van der Waals surface area contributed by atoms with Gasteiger partial charge in [0.2, 0.25) is 0 Å². The van der Waals surface area contributed by atoms with E-state index >= 15 is 0 Å². The SMILES string of the molecule is Cc1ccc(C(C)N)c(=O)n1C1CC1. The first-order valence-electron chi connectivity index (χ1n) is 5.09. The summed E-state index contributed by atoms with van der Waals surface area (Å²) in [6.45, 7) is 3.83. The second-order valence-corrected chi connectivity index (χ2v) is 4.13. The molecule has 1 aliphatic rings. The van der Waals surface area contributed by atoms with Crippen molar-refractivity contribution in [3.05, 3.63) is 33.7 Å². The molecule has 2 rings (SSSR count). The Hall–Kier alpha value is -1.09. The van der Waals surface area contributed by atoms with Gasteiger partial charge in [-0.05, 0) is 32.8 Å². The van der Waals surface area contributed by atoms with Crippen LogP contribution in [0.15, 0.2) is 16.9 Å². The normalized spacial score (nSPS) is 18.2. The minimum atomic E-state index is -0.173. The fourth-order valence-electron chi connectivity index (χ4n) is 1.79. The third kappa shape index (κ3) is 1.48. The van der Waals surface area contributed by atoms with Crippen LogP contribution in [0.4, 0.5) is 0 Å². The van der Waals surface area contributed by atoms with Crippen molar-refractivity contribution in [2.24, 2.45) is 5.73 Å². The zero-order valence-electron chi connectivity index (χ0n) is 8.66. The predicted octanol–water partition coefficient (Wildman–Crippen LogP) is 1.51. The lowest BCUT2D eigenvalue weighted by Crippen LogP contribution is -2.27. The van der Waals surface area contributed by atoms with Crippen molar-refractivity contribution in [2.45, 2.75) is 38.8 Å². The van der Waals surface area contributed by atoms with Crippen LogP contribution in [-0.2, 0) is 0 Å². The molecule has 0 radical (unpaired) electrons. The van der Waals surface area contributed by atoms with Crippen LogP contribution in [0.2, 0.25) is 0 Å². The van der Waals surface area contributed by atoms with Gasteiger partial charge in [0.1, 0.15) is 0 Å². The van der Waals surface area contributed by atoms with Gasteiger partial charge in [0.15, 0.2) is 0 Å². The number of nitrogens with two attached hydrogens (primary N) is 1. The maximum absolute atomic E-state index is 12.0. The standard InChI is InChI=1S/C11H16N2O/c1-7-3-6-10(8(2)12)11(14)13(7)9-4-5-9/h3,6,8-9H,4-5,12H2,1-2H3. The van der Waals surface area contributed by atoms with Gasteiger partial charge in [0.05, 0.1) is 0 Å². The van der Waals surface area contributed by atoms with E-state index < -0.39 is 0 Å². The molecule has 0 aliphatic heterocycles. The average Bonchev–Trinajstić information content (AvgIpc) is 2.87. The third-order valence-electron chi connectivity index (χ3n) is 2.75. The molecule has 0 amide bonds. The molecule has 76 valence electrons. The molecule has 1 atom stereocenters. The highest BCUT2D eigenvalue weighted by atomic mass is 16.1. The summed E-state index contributed by atoms with van der Waals surface area (Å²) in [5, 5.41) is 0. The molecule has 0 aromatic carbocycles. The van der Waals surface area contributed by atoms with Gasteiger partial charge < -0.3 is 10.3 Å². The minimum Gasteiger partial charge on any atom is -0.324 e. The van der Waals surface area contributed by atoms with Crippen LogP contribution >= 0.6 is 0 Å². The minimum absolute atomic E-state index is 0.0995. The molecule has 1 aromatic heterocycles. The molecule has 1 fully saturated rings. The molecular weight excluding hydrogens is 176 g/mol. The van der Waals surface area contributed by atoms with Crippen molar-refractivity contribution < 1.29 is 0 Å². The summed E-state index contributed by atoms with van der Waals surface area (Å²) in [6, 6.07) is 4.09. The molecule has 14 heavy (non-hydrogen) atoms. The Labute approximate surface area is 83.5 Å². The summed E-state index contributed by atoms with van der Waals surface area (Å²) >= 11 is 0. The monoisotopic (exact) mass is 192 g/mol. The molecule has 1 unspecified atom stereocenters. The van der Waals surface area contributed by atoms with E-state index in [0.29, 0.717) is 6.04 Å². The van der Waals surface area contributed by atoms with Crippen LogP contribution in [0.1, 0.15) is 43.1 Å². The molecule has 1 aliphatic carbocycles. The van der Waals surface area contributed by atoms with Crippen molar-refractivity contribution in [2.75, 3.05) is 0 Å². The van der Waals surface area contributed by atoms with Gasteiger partial charge in [-0.15, -0.1) is 0 Å². The van der Waals surface area contributed by atoms with Crippen LogP contribution in [0.3, 0.4) is 0 Å². The number of pyridine rings is 1. The van der Waals surface area contributed by atoms with Crippen LogP contribution in [-0.4, -0.2) is 4.57 Å². The summed E-state index contributed by atoms with van der Waals surface area (Å²) < 4.78 is 1.89. The number of aryl methyl sites for hydroxylation is 1. The van der Waals surface area contributed by atoms with Crippen molar-refractivity contribution >= 4 is 0 Å². The molecule has 0 bridgehead atoms. The van der Waals surface area contributed by atoms with E-state index in [1.807, 2.05) is 30.5 Å². The Kier molecular flexibility index (Phi) is 2.19. The Balaban J connectivity index is 2.57. The lowest BCUT2D eigenvalue weighted by Gasteiger charge is -2.12. The maximum Gasteiger partial charge on any atom is 0.255 e. The molecule has 3 heteroatoms. The Morgan fingerprint density at radius 3 is 2.64 bits per heavy atom. The number of aromatic nitrogens is 1. The fourth-order valence-corrected chi connectivity index (χ4v) is 1.79. The van der Waals surface area contributed by atoms with Gasteiger partial charge in [0.25, 0.3) is 5.56 Å². The zero-order valence-corrected chi connectivity index (χ0v) is 8.66. The summed E-state index contributed by atoms with van der Waals surface area (Å²) in [5.74, 6) is 0. The Morgan fingerprint density at radius 1 is 1.50 bits per heavy atom. The highest BCUT2D eigenvalue weighted by Gasteiger charge is 2.26. The summed E-state index contributed by atoms with van der Waals surface area (Å²) in [5.41, 5.74) is 7.61. The smallest absolute Gasteiger partial charge is 0.255 e. The fraction of sp³-hybridized carbons (Fsp3) is 0.545. The zero-order chi connectivity index (χ0) is 10.3. The van der Waals surface area contributed by atoms with Gasteiger partial charge in [-0.1, -0.05) is 6.07 Å². The van der Waals surface area contributed by atoms with Gasteiger partial charge >= 0.3 is 0 Å². The van der Waals surface area contributed by atoms with Gasteiger partial charge in [0, 0.05) is 23.3 Å². The molecule has 2 N–H and O–H groups in total. The summed E-state index contributed by atoms with van der Waals surface area (Å²) in [4.78, 5) is 12.0. The van der Waals surface area contributed by atoms with Crippen LogP contribution < -0.4 is 11.3 Å². The Morgan fingerprint density at radius 2 is 2.14 bits per heavy atom. The largest absolute Gasteiger partial charge is 0.324 e. The van der Waals surface area contributed by atoms with Crippen molar-refractivity contribution in [3.8, 4) is 0 Å². The third-order valence-corrected chi connectivity index (χ3v) is 2.75. The van der Waals surface area contributed by atoms with Gasteiger partial charge in [-0.3, -0.25) is 4.79 Å². The lowest BCUT2D eigenvalue weighted by molar-refractivity contribution is 0.656. The van der Waals surface area contributed by atoms with Crippen LogP contribution in [0.5, 0.6) is 0 Å². The van der Waals surface area contributed by atoms with E-state index in [1.54, 1.807) is 0 Å². The number of rotatable bonds is 2. The first-order valence-corrected chi connectivity index (χ1v) is 5.09. The van der Waals surface area contributed by atoms with Crippen LogP contribution in [0, 0.1) is 6.92 Å². The van der Waals surface area contributed by atoms with E-state index in [0.717, 1.165) is 24.1 Å². The quantitative estimate of drug-likeness (QED) is 0.772. The van der Waals surface area contributed by atoms with Gasteiger partial charge in [-0.2, -0.15) is 0 Å². The van der Waals surface area contributed by atoms with E-state index in [2.05, 4.69) is 0 Å². The van der Waals surface area contributed by atoms with Crippen molar-refractivity contribution in [1.29, 1.82) is 0 Å². The second-order valence-electron chi connectivity index (χ2n) is 4.13. The lowest BCUT2D eigenvalue weighted by atomic mass is 10.1. The van der Waals surface area contributed by atoms with E-state index in [9.17, 15) is 4.79 Å². The molecule has 3 nitrogen and oxygen atoms in total. The predicted molar refractivity (Wildman–Crippen MR) is 56.3 cm³/mol. The molecule has 0 saturated heterocycles. The molecule has 1 heterocycles. The first-order chi connectivity index (χ1) is 6.61. The second kappa shape index (κ2) is 3.24.